The molecule has 0 aliphatic heterocycles. The van der Waals surface area contributed by atoms with Crippen molar-refractivity contribution < 1.29 is 26.4 Å². The number of carbonyl (C=O) groups excluding carboxylic acids is 1. The number of nitrogens with zero attached hydrogens (tertiary/aromatic N) is 1. The van der Waals surface area contributed by atoms with Crippen LogP contribution in [0.1, 0.15) is 40.9 Å². The number of carbonyl (C=O) groups is 1. The number of primary sulfonamides is 1. The topological polar surface area (TPSA) is 80.5 Å². The fraction of sp³-hybridized carbons (Fsp3) is 0.269. The van der Waals surface area contributed by atoms with Crippen LogP contribution < -0.4 is 10.0 Å². The molecule has 0 unspecified atom stereocenters. The maximum atomic E-state index is 13.7. The van der Waals surface area contributed by atoms with Gasteiger partial charge in [-0.15, -0.1) is 0 Å². The van der Waals surface area contributed by atoms with Crippen LogP contribution in [0.4, 0.5) is 18.9 Å². The number of benzene rings is 3. The molecule has 0 aliphatic rings. The number of hydrogen-bond acceptors (Lipinski definition) is 4. The summed E-state index contributed by atoms with van der Waals surface area (Å²) in [4.78, 5) is 15.0. The minimum absolute atomic E-state index is 0.00190. The zero-order valence-corrected chi connectivity index (χ0v) is 20.5. The summed E-state index contributed by atoms with van der Waals surface area (Å²) >= 11 is 0. The number of ketones is 1. The van der Waals surface area contributed by atoms with Crippen molar-refractivity contribution in [3.05, 3.63) is 82.9 Å². The van der Waals surface area contributed by atoms with Gasteiger partial charge in [-0.05, 0) is 55.7 Å². The minimum Gasteiger partial charge on any atom is -0.372 e. The molecule has 0 heterocycles. The van der Waals surface area contributed by atoms with E-state index in [-0.39, 0.29) is 22.7 Å². The third-order valence-electron chi connectivity index (χ3n) is 5.86. The first-order valence-electron chi connectivity index (χ1n) is 11.1. The second kappa shape index (κ2) is 10.2. The van der Waals surface area contributed by atoms with Gasteiger partial charge < -0.3 is 4.90 Å². The third-order valence-corrected chi connectivity index (χ3v) is 6.93. The number of sulfonamides is 1. The molecule has 0 spiro atoms. The van der Waals surface area contributed by atoms with Crippen LogP contribution in [0.3, 0.4) is 0 Å². The summed E-state index contributed by atoms with van der Waals surface area (Å²) in [6, 6.07) is 14.6. The first kappa shape index (κ1) is 26.4. The highest BCUT2D eigenvalue weighted by Gasteiger charge is 2.34. The van der Waals surface area contributed by atoms with E-state index in [1.54, 1.807) is 31.2 Å². The molecular weight excluding hydrogens is 477 g/mol. The van der Waals surface area contributed by atoms with Crippen molar-refractivity contribution in [3.8, 4) is 11.1 Å². The Morgan fingerprint density at radius 1 is 0.943 bits per heavy atom. The number of Topliss-reactive ketones (excluding diaryl/α,β-unsaturated/α-hetero) is 1. The molecule has 0 aromatic heterocycles. The number of aryl methyl sites for hydroxylation is 1. The molecule has 9 heteroatoms. The second-order valence-electron chi connectivity index (χ2n) is 8.19. The van der Waals surface area contributed by atoms with Crippen LogP contribution in [-0.2, 0) is 22.6 Å². The fourth-order valence-electron chi connectivity index (χ4n) is 4.15. The number of hydrogen-bond donors (Lipinski definition) is 1. The van der Waals surface area contributed by atoms with Crippen LogP contribution in [0.2, 0.25) is 0 Å². The molecule has 0 amide bonds. The average Bonchev–Trinajstić information content (AvgIpc) is 2.78. The van der Waals surface area contributed by atoms with Crippen molar-refractivity contribution in [1.82, 2.24) is 0 Å². The van der Waals surface area contributed by atoms with E-state index in [2.05, 4.69) is 0 Å². The van der Waals surface area contributed by atoms with Crippen LogP contribution in [0, 0.1) is 6.92 Å². The van der Waals surface area contributed by atoms with Gasteiger partial charge >= 0.3 is 6.18 Å². The lowest BCUT2D eigenvalue weighted by molar-refractivity contribution is -0.137. The van der Waals surface area contributed by atoms with Crippen LogP contribution >= 0.6 is 0 Å². The molecule has 3 aromatic carbocycles. The summed E-state index contributed by atoms with van der Waals surface area (Å²) in [7, 11) is -3.87. The molecule has 0 radical (unpaired) electrons. The molecule has 0 atom stereocenters. The van der Waals surface area contributed by atoms with E-state index < -0.39 is 21.8 Å². The van der Waals surface area contributed by atoms with E-state index in [1.807, 2.05) is 18.7 Å². The molecule has 2 N–H and O–H groups in total. The molecule has 5 nitrogen and oxygen atoms in total. The molecule has 186 valence electrons. The molecule has 35 heavy (non-hydrogen) atoms. The summed E-state index contributed by atoms with van der Waals surface area (Å²) in [5.74, 6) is -0.239. The number of nitrogens with two attached hydrogens (primary N) is 1. The molecule has 0 aliphatic carbocycles. The molecular formula is C26H27F3N2O3S. The molecule has 0 saturated heterocycles. The second-order valence-corrected chi connectivity index (χ2v) is 9.72. The van der Waals surface area contributed by atoms with Gasteiger partial charge in [0.2, 0.25) is 10.0 Å². The summed E-state index contributed by atoms with van der Waals surface area (Å²) in [5.41, 5.74) is 1.64. The van der Waals surface area contributed by atoms with E-state index in [0.717, 1.165) is 6.07 Å². The van der Waals surface area contributed by atoms with E-state index in [0.29, 0.717) is 41.0 Å². The lowest BCUT2D eigenvalue weighted by Gasteiger charge is -2.26. The first-order valence-corrected chi connectivity index (χ1v) is 12.6. The highest BCUT2D eigenvalue weighted by Crippen LogP contribution is 2.41. The number of rotatable bonds is 8. The van der Waals surface area contributed by atoms with Gasteiger partial charge in [0, 0.05) is 36.3 Å². The predicted molar refractivity (Wildman–Crippen MR) is 131 cm³/mol. The number of halogens is 3. The van der Waals surface area contributed by atoms with Crippen LogP contribution in [0.15, 0.2) is 65.6 Å². The van der Waals surface area contributed by atoms with Crippen LogP contribution in [-0.4, -0.2) is 27.3 Å². The highest BCUT2D eigenvalue weighted by atomic mass is 32.2. The van der Waals surface area contributed by atoms with E-state index >= 15 is 0 Å². The maximum Gasteiger partial charge on any atom is 0.417 e. The summed E-state index contributed by atoms with van der Waals surface area (Å²) in [6.07, 6.45) is -4.52. The Bertz CT molecular complexity index is 1350. The Kier molecular flexibility index (Phi) is 7.71. The number of anilines is 1. The maximum absolute atomic E-state index is 13.7. The van der Waals surface area contributed by atoms with Crippen molar-refractivity contribution in [1.29, 1.82) is 0 Å². The fourth-order valence-corrected chi connectivity index (χ4v) is 4.92. The minimum atomic E-state index is -4.52. The molecule has 0 bridgehead atoms. The monoisotopic (exact) mass is 504 g/mol. The van der Waals surface area contributed by atoms with Crippen LogP contribution in [0.5, 0.6) is 0 Å². The number of alkyl halides is 3. The third kappa shape index (κ3) is 5.91. The van der Waals surface area contributed by atoms with Crippen LogP contribution in [0.25, 0.3) is 11.1 Å². The normalized spacial score (nSPS) is 12.0. The smallest absolute Gasteiger partial charge is 0.372 e. The molecule has 3 aromatic rings. The molecule has 0 fully saturated rings. The predicted octanol–water partition coefficient (Wildman–Crippen LogP) is 5.60. The van der Waals surface area contributed by atoms with Crippen molar-refractivity contribution in [2.45, 2.75) is 38.3 Å². The summed E-state index contributed by atoms with van der Waals surface area (Å²) < 4.78 is 64.4. The summed E-state index contributed by atoms with van der Waals surface area (Å²) in [6.45, 7) is 6.48. The van der Waals surface area contributed by atoms with Gasteiger partial charge in [-0.1, -0.05) is 42.5 Å². The van der Waals surface area contributed by atoms with Gasteiger partial charge in [0.05, 0.1) is 10.5 Å². The lowest BCUT2D eigenvalue weighted by atomic mass is 9.94. The Labute approximate surface area is 203 Å². The van der Waals surface area contributed by atoms with Gasteiger partial charge in [-0.3, -0.25) is 4.79 Å². The van der Waals surface area contributed by atoms with Crippen molar-refractivity contribution in [2.24, 2.45) is 5.14 Å². The standard InChI is InChI=1S/C26H27F3N2O3S/c1-4-31(5-2)23-16-19(11-12-21(23)20-8-6-7-9-22(20)26(27,28)29)24(32)15-18-10-13-25(17(3)14-18)35(30,33)34/h6-14,16H,4-5,15H2,1-3H3,(H2,30,33,34). The quantitative estimate of drug-likeness (QED) is 0.405. The van der Waals surface area contributed by atoms with Gasteiger partial charge in [0.25, 0.3) is 0 Å². The van der Waals surface area contributed by atoms with Gasteiger partial charge in [-0.25, -0.2) is 13.6 Å². The zero-order chi connectivity index (χ0) is 26.0. The van der Waals surface area contributed by atoms with E-state index in [1.165, 1.54) is 30.3 Å². The zero-order valence-electron chi connectivity index (χ0n) is 19.7. The van der Waals surface area contributed by atoms with Crippen molar-refractivity contribution >= 4 is 21.5 Å². The first-order chi connectivity index (χ1) is 16.4. The molecule has 3 rings (SSSR count). The Morgan fingerprint density at radius 3 is 2.17 bits per heavy atom. The van der Waals surface area contributed by atoms with Gasteiger partial charge in [0.15, 0.2) is 5.78 Å². The summed E-state index contributed by atoms with van der Waals surface area (Å²) in [5, 5.41) is 5.20. The lowest BCUT2D eigenvalue weighted by Crippen LogP contribution is -2.23. The largest absolute Gasteiger partial charge is 0.417 e. The SMILES string of the molecule is CCN(CC)c1cc(C(=O)Cc2ccc(S(N)(=O)=O)c(C)c2)ccc1-c1ccccc1C(F)(F)F. The highest BCUT2D eigenvalue weighted by molar-refractivity contribution is 7.89. The van der Waals surface area contributed by atoms with Gasteiger partial charge in [-0.2, -0.15) is 13.2 Å². The van der Waals surface area contributed by atoms with Gasteiger partial charge in [0.1, 0.15) is 0 Å². The van der Waals surface area contributed by atoms with Crippen molar-refractivity contribution in [2.75, 3.05) is 18.0 Å². The van der Waals surface area contributed by atoms with E-state index in [9.17, 15) is 26.4 Å². The Hall–Kier alpha value is -3.17. The Morgan fingerprint density at radius 2 is 1.60 bits per heavy atom. The average molecular weight is 505 g/mol. The molecule has 0 saturated carbocycles. The Balaban J connectivity index is 2.04. The van der Waals surface area contributed by atoms with E-state index in [4.69, 9.17) is 5.14 Å². The van der Waals surface area contributed by atoms with Crippen molar-refractivity contribution in [3.63, 3.8) is 0 Å².